The molecule has 0 saturated carbocycles. The molecule has 1 aliphatic heterocycles. The first-order valence-electron chi connectivity index (χ1n) is 9.44. The van der Waals surface area contributed by atoms with Crippen LogP contribution in [-0.4, -0.2) is 63.7 Å². The van der Waals surface area contributed by atoms with Gasteiger partial charge >= 0.3 is 0 Å². The summed E-state index contributed by atoms with van der Waals surface area (Å²) in [6.45, 7) is 7.01. The number of hydrogen-bond acceptors (Lipinski definition) is 4. The fraction of sp³-hybridized carbons (Fsp3) is 0.600. The molecule has 0 unspecified atom stereocenters. The van der Waals surface area contributed by atoms with E-state index in [0.717, 1.165) is 48.5 Å². The monoisotopic (exact) mass is 374 g/mol. The maximum atomic E-state index is 13.0. The number of carbonyl (C=O) groups excluding carboxylic acids is 1. The number of likely N-dealkylation sites (tertiary alicyclic amines) is 1. The van der Waals surface area contributed by atoms with Gasteiger partial charge in [0, 0.05) is 32.2 Å². The van der Waals surface area contributed by atoms with Crippen LogP contribution >= 0.6 is 11.8 Å². The van der Waals surface area contributed by atoms with Crippen LogP contribution in [0.4, 0.5) is 0 Å². The molecule has 1 saturated heterocycles. The number of thioether (sulfide) groups is 1. The Morgan fingerprint density at radius 1 is 1.31 bits per heavy atom. The molecule has 0 radical (unpaired) electrons. The van der Waals surface area contributed by atoms with Gasteiger partial charge < -0.3 is 14.4 Å². The number of aromatic nitrogens is 2. The molecule has 1 fully saturated rings. The highest BCUT2D eigenvalue weighted by Gasteiger charge is 2.27. The first-order valence-corrected chi connectivity index (χ1v) is 10.8. The summed E-state index contributed by atoms with van der Waals surface area (Å²) in [6.07, 6.45) is 4.19. The van der Waals surface area contributed by atoms with Crippen LogP contribution in [0.1, 0.15) is 32.5 Å². The van der Waals surface area contributed by atoms with Gasteiger partial charge in [0.25, 0.3) is 0 Å². The van der Waals surface area contributed by atoms with Gasteiger partial charge in [-0.05, 0) is 45.1 Å². The van der Waals surface area contributed by atoms with Crippen molar-refractivity contribution < 1.29 is 4.79 Å². The molecule has 1 aromatic carbocycles. The van der Waals surface area contributed by atoms with Crippen LogP contribution in [-0.2, 0) is 17.1 Å². The van der Waals surface area contributed by atoms with Crippen LogP contribution in [0.2, 0.25) is 0 Å². The molecule has 0 spiro atoms. The second-order valence-corrected chi connectivity index (χ2v) is 8.27. The van der Waals surface area contributed by atoms with Gasteiger partial charge in [-0.15, -0.1) is 0 Å². The standard InChI is InChI=1S/C20H30N4OS/c1-15(2)23-11-9-16(10-12-23)22(3)20(25)13-24-18-8-6-5-7-17(18)21-19(24)14-26-4/h5-8,15-16H,9-14H2,1-4H3. The number of benzene rings is 1. The van der Waals surface area contributed by atoms with Gasteiger partial charge in [-0.1, -0.05) is 12.1 Å². The first-order chi connectivity index (χ1) is 12.5. The van der Waals surface area contributed by atoms with Gasteiger partial charge in [0.2, 0.25) is 5.91 Å². The highest BCUT2D eigenvalue weighted by atomic mass is 32.2. The van der Waals surface area contributed by atoms with Crippen LogP contribution in [0, 0.1) is 0 Å². The number of amides is 1. The van der Waals surface area contributed by atoms with E-state index >= 15 is 0 Å². The van der Waals surface area contributed by atoms with Gasteiger partial charge in [0.05, 0.1) is 16.8 Å². The fourth-order valence-electron chi connectivity index (χ4n) is 3.78. The number of rotatable bonds is 6. The number of piperidine rings is 1. The van der Waals surface area contributed by atoms with Crippen molar-refractivity contribution in [2.75, 3.05) is 26.4 Å². The lowest BCUT2D eigenvalue weighted by molar-refractivity contribution is -0.133. The summed E-state index contributed by atoms with van der Waals surface area (Å²) >= 11 is 1.74. The van der Waals surface area contributed by atoms with E-state index in [1.165, 1.54) is 0 Å². The molecular formula is C20H30N4OS. The maximum absolute atomic E-state index is 13.0. The van der Waals surface area contributed by atoms with Crippen molar-refractivity contribution in [3.8, 4) is 0 Å². The summed E-state index contributed by atoms with van der Waals surface area (Å²) in [4.78, 5) is 22.2. The van der Waals surface area contributed by atoms with E-state index < -0.39 is 0 Å². The summed E-state index contributed by atoms with van der Waals surface area (Å²) in [6, 6.07) is 9.02. The number of carbonyl (C=O) groups is 1. The zero-order valence-corrected chi connectivity index (χ0v) is 17.1. The normalized spacial score (nSPS) is 16.5. The lowest BCUT2D eigenvalue weighted by Gasteiger charge is -2.38. The summed E-state index contributed by atoms with van der Waals surface area (Å²) in [5.41, 5.74) is 2.02. The molecule has 2 aromatic rings. The molecule has 6 heteroatoms. The molecule has 3 rings (SSSR count). The third-order valence-electron chi connectivity index (χ3n) is 5.47. The Balaban J connectivity index is 1.71. The Morgan fingerprint density at radius 2 is 2.00 bits per heavy atom. The highest BCUT2D eigenvalue weighted by Crippen LogP contribution is 2.21. The van der Waals surface area contributed by atoms with Gasteiger partial charge in [-0.25, -0.2) is 4.98 Å². The quantitative estimate of drug-likeness (QED) is 0.778. The van der Waals surface area contributed by atoms with Crippen molar-refractivity contribution in [3.05, 3.63) is 30.1 Å². The minimum atomic E-state index is 0.179. The SMILES string of the molecule is CSCc1nc2ccccc2n1CC(=O)N(C)C1CCN(C(C)C)CC1. The molecule has 0 bridgehead atoms. The third-order valence-corrected chi connectivity index (χ3v) is 6.02. The molecule has 5 nitrogen and oxygen atoms in total. The largest absolute Gasteiger partial charge is 0.341 e. The molecule has 26 heavy (non-hydrogen) atoms. The second-order valence-electron chi connectivity index (χ2n) is 7.40. The summed E-state index contributed by atoms with van der Waals surface area (Å²) < 4.78 is 2.09. The van der Waals surface area contributed by atoms with Crippen molar-refractivity contribution in [2.45, 2.75) is 51.1 Å². The lowest BCUT2D eigenvalue weighted by atomic mass is 10.0. The third kappa shape index (κ3) is 4.07. The summed E-state index contributed by atoms with van der Waals surface area (Å²) in [5.74, 6) is 1.98. The Bertz CT molecular complexity index is 749. The fourth-order valence-corrected chi connectivity index (χ4v) is 4.26. The Hall–Kier alpha value is -1.53. The highest BCUT2D eigenvalue weighted by molar-refractivity contribution is 7.97. The maximum Gasteiger partial charge on any atom is 0.242 e. The number of likely N-dealkylation sites (N-methyl/N-ethyl adjacent to an activating group) is 1. The summed E-state index contributed by atoms with van der Waals surface area (Å²) in [7, 11) is 1.96. The minimum Gasteiger partial charge on any atom is -0.341 e. The van der Waals surface area contributed by atoms with Crippen LogP contribution in [0.25, 0.3) is 11.0 Å². The molecular weight excluding hydrogens is 344 g/mol. The van der Waals surface area contributed by atoms with Crippen molar-refractivity contribution in [1.82, 2.24) is 19.4 Å². The predicted octanol–water partition coefficient (Wildman–Crippen LogP) is 3.23. The van der Waals surface area contributed by atoms with Gasteiger partial charge in [0.15, 0.2) is 0 Å². The second kappa shape index (κ2) is 8.44. The Kier molecular flexibility index (Phi) is 6.24. The average Bonchev–Trinajstić information content (AvgIpc) is 2.99. The van der Waals surface area contributed by atoms with Crippen molar-refractivity contribution in [2.24, 2.45) is 0 Å². The molecule has 142 valence electrons. The zero-order valence-electron chi connectivity index (χ0n) is 16.3. The topological polar surface area (TPSA) is 41.4 Å². The number of hydrogen-bond donors (Lipinski definition) is 0. The number of nitrogens with zero attached hydrogens (tertiary/aromatic N) is 4. The van der Waals surface area contributed by atoms with Crippen molar-refractivity contribution in [1.29, 1.82) is 0 Å². The van der Waals surface area contributed by atoms with Crippen molar-refractivity contribution in [3.63, 3.8) is 0 Å². The Labute approximate surface area is 160 Å². The van der Waals surface area contributed by atoms with E-state index in [9.17, 15) is 4.79 Å². The average molecular weight is 375 g/mol. The van der Waals surface area contributed by atoms with Gasteiger partial charge in [-0.2, -0.15) is 11.8 Å². The van der Waals surface area contributed by atoms with E-state index in [4.69, 9.17) is 4.98 Å². The van der Waals surface area contributed by atoms with E-state index in [1.807, 2.05) is 30.1 Å². The molecule has 0 aliphatic carbocycles. The predicted molar refractivity (Wildman–Crippen MR) is 109 cm³/mol. The molecule has 0 atom stereocenters. The minimum absolute atomic E-state index is 0.179. The molecule has 2 heterocycles. The number of para-hydroxylation sites is 2. The van der Waals surface area contributed by atoms with Crippen LogP contribution < -0.4 is 0 Å². The Morgan fingerprint density at radius 3 is 2.65 bits per heavy atom. The van der Waals surface area contributed by atoms with Crippen molar-refractivity contribution >= 4 is 28.7 Å². The molecule has 0 N–H and O–H groups in total. The van der Waals surface area contributed by atoms with E-state index in [1.54, 1.807) is 11.8 Å². The van der Waals surface area contributed by atoms with E-state index in [2.05, 4.69) is 35.6 Å². The number of imidazole rings is 1. The van der Waals surface area contributed by atoms with Gasteiger partial charge in [0.1, 0.15) is 12.4 Å². The van der Waals surface area contributed by atoms with Crippen LogP contribution in [0.15, 0.2) is 24.3 Å². The molecule has 1 aromatic heterocycles. The van der Waals surface area contributed by atoms with Crippen LogP contribution in [0.5, 0.6) is 0 Å². The first kappa shape index (κ1) is 19.2. The summed E-state index contributed by atoms with van der Waals surface area (Å²) in [5, 5.41) is 0. The molecule has 1 aliphatic rings. The molecule has 1 amide bonds. The van der Waals surface area contributed by atoms with Crippen LogP contribution in [0.3, 0.4) is 0 Å². The lowest BCUT2D eigenvalue weighted by Crippen LogP contribution is -2.48. The number of fused-ring (bicyclic) bond motifs is 1. The zero-order chi connectivity index (χ0) is 18.7. The smallest absolute Gasteiger partial charge is 0.242 e. The van der Waals surface area contributed by atoms with Gasteiger partial charge in [-0.3, -0.25) is 4.79 Å². The van der Waals surface area contributed by atoms with E-state index in [0.29, 0.717) is 18.6 Å². The van der Waals surface area contributed by atoms with E-state index in [-0.39, 0.29) is 5.91 Å².